The molecule has 2 aromatic rings. The van der Waals surface area contributed by atoms with Crippen molar-refractivity contribution in [3.8, 4) is 0 Å². The van der Waals surface area contributed by atoms with Crippen molar-refractivity contribution in [1.29, 1.82) is 0 Å². The molecule has 10 heteroatoms. The highest BCUT2D eigenvalue weighted by Gasteiger charge is 2.31. The Hall–Kier alpha value is -2.33. The molecule has 0 bridgehead atoms. The molecule has 1 aliphatic heterocycles. The molecule has 3 aliphatic rings. The minimum Gasteiger partial charge on any atom is -0.305 e. The van der Waals surface area contributed by atoms with Crippen molar-refractivity contribution in [2.45, 2.75) is 75.4 Å². The molecule has 0 aromatic carbocycles. The van der Waals surface area contributed by atoms with Crippen molar-refractivity contribution in [2.24, 2.45) is 9.50 Å². The van der Waals surface area contributed by atoms with Crippen LogP contribution in [0.4, 0.5) is 14.9 Å². The first-order valence-corrected chi connectivity index (χ1v) is 12.0. The number of hydrogen-bond acceptors (Lipinski definition) is 4. The van der Waals surface area contributed by atoms with Crippen molar-refractivity contribution in [1.82, 2.24) is 14.8 Å². The molecule has 160 valence electrons. The van der Waals surface area contributed by atoms with Crippen molar-refractivity contribution < 1.29 is 13.4 Å². The third kappa shape index (κ3) is 3.13. The van der Waals surface area contributed by atoms with Crippen LogP contribution in [0.2, 0.25) is 0 Å². The highest BCUT2D eigenvalue weighted by atomic mass is 32.2. The number of rotatable bonds is 2. The van der Waals surface area contributed by atoms with Gasteiger partial charge in [0, 0.05) is 17.9 Å². The van der Waals surface area contributed by atoms with Crippen LogP contribution in [0, 0.1) is 0 Å². The van der Waals surface area contributed by atoms with Gasteiger partial charge in [0.05, 0.1) is 17.6 Å². The fraction of sp³-hybridized carbons (Fsp3) is 0.550. The Morgan fingerprint density at radius 3 is 2.97 bits per heavy atom. The Labute approximate surface area is 174 Å². The summed E-state index contributed by atoms with van der Waals surface area (Å²) in [4.78, 5) is 17.6. The number of nitrogens with one attached hydrogen (secondary N) is 1. The van der Waals surface area contributed by atoms with Crippen LogP contribution in [-0.2, 0) is 35.7 Å². The van der Waals surface area contributed by atoms with Gasteiger partial charge in [0.1, 0.15) is 21.0 Å². The molecule has 30 heavy (non-hydrogen) atoms. The summed E-state index contributed by atoms with van der Waals surface area (Å²) in [6, 6.07) is -0.782. The van der Waals surface area contributed by atoms with Crippen LogP contribution in [0.1, 0.15) is 72.9 Å². The first-order valence-electron chi connectivity index (χ1n) is 10.5. The van der Waals surface area contributed by atoms with Crippen LogP contribution in [0.25, 0.3) is 0 Å². The van der Waals surface area contributed by atoms with Crippen LogP contribution < -0.4 is 10.5 Å². The lowest BCUT2D eigenvalue weighted by atomic mass is 10.0. The average molecular weight is 433 g/mol. The standard InChI is InChI=1S/C20H25FN6O2S/c1-11-7-8-13-17(11)24-15-6-2-4-12(15)18(13)25-20(28)26-30(22,29)16-10-23-27-9-3-5-14(21)19(16)27/h10-11,14H,2-9H2,1H3,(H3,22,24,25,26,28,29). The van der Waals surface area contributed by atoms with E-state index in [1.807, 2.05) is 0 Å². The van der Waals surface area contributed by atoms with Gasteiger partial charge in [0.15, 0.2) is 0 Å². The molecule has 0 radical (unpaired) electrons. The van der Waals surface area contributed by atoms with Gasteiger partial charge < -0.3 is 5.32 Å². The van der Waals surface area contributed by atoms with Gasteiger partial charge in [-0.25, -0.2) is 18.5 Å². The van der Waals surface area contributed by atoms with Gasteiger partial charge in [-0.15, -0.1) is 4.36 Å². The number of carbonyl (C=O) groups excluding carboxylic acids is 1. The van der Waals surface area contributed by atoms with E-state index < -0.39 is 22.1 Å². The Kier molecular flexibility index (Phi) is 4.66. The molecular formula is C20H25FN6O2S. The minimum atomic E-state index is -3.63. The van der Waals surface area contributed by atoms with E-state index in [0.29, 0.717) is 25.3 Å². The Morgan fingerprint density at radius 1 is 1.30 bits per heavy atom. The maximum absolute atomic E-state index is 14.4. The first kappa shape index (κ1) is 19.6. The zero-order chi connectivity index (χ0) is 21.0. The van der Waals surface area contributed by atoms with Crippen LogP contribution >= 0.6 is 0 Å². The predicted molar refractivity (Wildman–Crippen MR) is 110 cm³/mol. The quantitative estimate of drug-likeness (QED) is 0.755. The topological polar surface area (TPSA) is 115 Å². The summed E-state index contributed by atoms with van der Waals surface area (Å²) >= 11 is 0. The molecular weight excluding hydrogens is 407 g/mol. The number of urea groups is 1. The van der Waals surface area contributed by atoms with E-state index in [1.165, 1.54) is 10.9 Å². The number of halogens is 1. The average Bonchev–Trinajstić information content (AvgIpc) is 3.40. The molecule has 0 saturated heterocycles. The zero-order valence-corrected chi connectivity index (χ0v) is 17.7. The van der Waals surface area contributed by atoms with Gasteiger partial charge >= 0.3 is 6.03 Å². The van der Waals surface area contributed by atoms with E-state index in [0.717, 1.165) is 60.3 Å². The van der Waals surface area contributed by atoms with Crippen molar-refractivity contribution >= 4 is 21.6 Å². The Morgan fingerprint density at radius 2 is 2.13 bits per heavy atom. The number of aromatic nitrogens is 3. The van der Waals surface area contributed by atoms with Gasteiger partial charge in [-0.2, -0.15) is 5.10 Å². The molecule has 2 aromatic heterocycles. The van der Waals surface area contributed by atoms with E-state index in [9.17, 15) is 13.4 Å². The molecule has 0 spiro atoms. The van der Waals surface area contributed by atoms with E-state index in [2.05, 4.69) is 21.7 Å². The summed E-state index contributed by atoms with van der Waals surface area (Å²) in [7, 11) is -3.63. The number of hydrogen-bond donors (Lipinski definition) is 2. The molecule has 3 N–H and O–H groups in total. The molecule has 2 amide bonds. The second-order valence-electron chi connectivity index (χ2n) is 8.39. The number of fused-ring (bicyclic) bond motifs is 3. The predicted octanol–water partition coefficient (Wildman–Crippen LogP) is 3.55. The van der Waals surface area contributed by atoms with E-state index >= 15 is 0 Å². The Balaban J connectivity index is 1.50. The summed E-state index contributed by atoms with van der Waals surface area (Å²) in [5.74, 6) is 0.345. The van der Waals surface area contributed by atoms with E-state index in [-0.39, 0.29) is 10.6 Å². The number of amides is 2. The van der Waals surface area contributed by atoms with Crippen LogP contribution in [0.5, 0.6) is 0 Å². The van der Waals surface area contributed by atoms with E-state index in [4.69, 9.17) is 10.1 Å². The molecule has 5 rings (SSSR count). The zero-order valence-electron chi connectivity index (χ0n) is 16.9. The smallest absolute Gasteiger partial charge is 0.305 e. The van der Waals surface area contributed by atoms with Crippen molar-refractivity contribution in [3.63, 3.8) is 0 Å². The van der Waals surface area contributed by atoms with E-state index in [1.54, 1.807) is 0 Å². The molecule has 3 atom stereocenters. The lowest BCUT2D eigenvalue weighted by molar-refractivity contribution is 0.255. The summed E-state index contributed by atoms with van der Waals surface area (Å²) in [6.07, 6.45) is 5.48. The largest absolute Gasteiger partial charge is 0.354 e. The molecule has 2 aliphatic carbocycles. The maximum atomic E-state index is 14.4. The van der Waals surface area contributed by atoms with Gasteiger partial charge in [-0.3, -0.25) is 9.67 Å². The number of aryl methyl sites for hydroxylation is 2. The molecule has 0 saturated carbocycles. The second-order valence-corrected chi connectivity index (χ2v) is 10.1. The fourth-order valence-corrected chi connectivity index (χ4v) is 6.03. The third-order valence-corrected chi connectivity index (χ3v) is 7.77. The summed E-state index contributed by atoms with van der Waals surface area (Å²) in [5, 5.41) is 12.9. The van der Waals surface area contributed by atoms with Gasteiger partial charge in [0.25, 0.3) is 0 Å². The van der Waals surface area contributed by atoms with Crippen LogP contribution in [0.3, 0.4) is 0 Å². The Bertz CT molecular complexity index is 1170. The van der Waals surface area contributed by atoms with Crippen molar-refractivity contribution in [3.05, 3.63) is 34.4 Å². The van der Waals surface area contributed by atoms with Crippen molar-refractivity contribution in [2.75, 3.05) is 5.32 Å². The van der Waals surface area contributed by atoms with Crippen LogP contribution in [0.15, 0.2) is 15.5 Å². The third-order valence-electron chi connectivity index (χ3n) is 6.39. The van der Waals surface area contributed by atoms with Gasteiger partial charge in [-0.05, 0) is 62.0 Å². The lowest BCUT2D eigenvalue weighted by Gasteiger charge is -2.19. The lowest BCUT2D eigenvalue weighted by Crippen LogP contribution is -2.22. The summed E-state index contributed by atoms with van der Waals surface area (Å²) in [6.45, 7) is 2.67. The number of anilines is 1. The number of alkyl halides is 1. The SMILES string of the molecule is CC1CCc2c1nc1c(c2NC(=O)N=S(N)(=O)c2cnn3c2C(F)CCC3)CCC1. The van der Waals surface area contributed by atoms with Crippen LogP contribution in [-0.4, -0.2) is 25.0 Å². The second kappa shape index (κ2) is 7.12. The minimum absolute atomic E-state index is 0.00339. The normalized spacial score (nSPS) is 24.0. The molecule has 3 heterocycles. The maximum Gasteiger partial charge on any atom is 0.354 e. The fourth-order valence-electron chi connectivity index (χ4n) is 4.91. The highest BCUT2D eigenvalue weighted by Crippen LogP contribution is 2.41. The molecule has 0 fully saturated rings. The number of nitrogens with two attached hydrogens (primary N) is 1. The highest BCUT2D eigenvalue weighted by molar-refractivity contribution is 7.91. The number of pyridine rings is 1. The molecule has 8 nitrogen and oxygen atoms in total. The first-order chi connectivity index (χ1) is 14.3. The number of carbonyl (C=O) groups is 1. The summed E-state index contributed by atoms with van der Waals surface area (Å²) in [5.41, 5.74) is 5.07. The van der Waals surface area contributed by atoms with Gasteiger partial charge in [0.2, 0.25) is 0 Å². The van der Waals surface area contributed by atoms with Gasteiger partial charge in [-0.1, -0.05) is 6.92 Å². The molecule has 3 unspecified atom stereocenters. The number of nitrogens with zero attached hydrogens (tertiary/aromatic N) is 4. The monoisotopic (exact) mass is 432 g/mol. The summed E-state index contributed by atoms with van der Waals surface area (Å²) < 4.78 is 32.8.